The van der Waals surface area contributed by atoms with E-state index in [2.05, 4.69) is 22.0 Å². The Morgan fingerprint density at radius 1 is 1.35 bits per heavy atom. The Hall–Kier alpha value is -2.34. The third-order valence-corrected chi connectivity index (χ3v) is 5.71. The van der Waals surface area contributed by atoms with Gasteiger partial charge in [0.2, 0.25) is 0 Å². The zero-order chi connectivity index (χ0) is 15.4. The fourth-order valence-corrected chi connectivity index (χ4v) is 4.70. The Balaban J connectivity index is 1.78. The minimum Gasteiger partial charge on any atom is -0.264 e. The highest BCUT2D eigenvalue weighted by atomic mass is 32.1. The molecule has 4 heterocycles. The molecule has 5 rings (SSSR count). The predicted octanol–water partition coefficient (Wildman–Crippen LogP) is 3.53. The van der Waals surface area contributed by atoms with Crippen LogP contribution in [-0.4, -0.2) is 24.6 Å². The summed E-state index contributed by atoms with van der Waals surface area (Å²) in [4.78, 5) is 16.1. The Bertz CT molecular complexity index is 1020. The lowest BCUT2D eigenvalue weighted by Crippen LogP contribution is -2.08. The van der Waals surface area contributed by atoms with Gasteiger partial charge in [0.15, 0.2) is 11.5 Å². The smallest absolute Gasteiger partial charge is 0.183 e. The molecule has 114 valence electrons. The quantitative estimate of drug-likeness (QED) is 0.538. The van der Waals surface area contributed by atoms with Crippen LogP contribution in [0.2, 0.25) is 0 Å². The Morgan fingerprint density at radius 3 is 3.17 bits per heavy atom. The lowest BCUT2D eigenvalue weighted by molar-refractivity contribution is 0.509. The number of pyridine rings is 1. The van der Waals surface area contributed by atoms with Gasteiger partial charge < -0.3 is 0 Å². The number of hydrogen-bond donors (Lipinski definition) is 0. The maximum absolute atomic E-state index is 4.79. The molecule has 0 aromatic carbocycles. The summed E-state index contributed by atoms with van der Waals surface area (Å²) in [5.74, 6) is 1.46. The largest absolute Gasteiger partial charge is 0.264 e. The monoisotopic (exact) mass is 321 g/mol. The first-order valence-electron chi connectivity index (χ1n) is 7.85. The first-order chi connectivity index (χ1) is 11.3. The fourth-order valence-electron chi connectivity index (χ4n) is 3.36. The van der Waals surface area contributed by atoms with Gasteiger partial charge in [-0.15, -0.1) is 16.4 Å². The third kappa shape index (κ3) is 1.98. The second kappa shape index (κ2) is 4.83. The molecule has 0 spiro atoms. The standard InChI is InChI=1S/C17H15N5S/c1-10-4-5-12-13(7-10)23-17-14(12)16-20-15(21-22(16)9-19-17)11-3-2-6-18-8-11/h2-3,6,8-10H,4-5,7H2,1H3. The van der Waals surface area contributed by atoms with E-state index in [1.54, 1.807) is 23.2 Å². The van der Waals surface area contributed by atoms with Gasteiger partial charge in [0.25, 0.3) is 0 Å². The summed E-state index contributed by atoms with van der Waals surface area (Å²) in [6.07, 6.45) is 8.85. The molecule has 4 aromatic heterocycles. The van der Waals surface area contributed by atoms with Gasteiger partial charge in [0.05, 0.1) is 5.39 Å². The first kappa shape index (κ1) is 13.1. The van der Waals surface area contributed by atoms with Crippen molar-refractivity contribution in [3.8, 4) is 11.4 Å². The molecule has 0 fully saturated rings. The normalized spacial score (nSPS) is 17.7. The average Bonchev–Trinajstić information content (AvgIpc) is 3.15. The Labute approximate surface area is 137 Å². The van der Waals surface area contributed by atoms with Gasteiger partial charge in [-0.1, -0.05) is 6.92 Å². The van der Waals surface area contributed by atoms with E-state index in [1.807, 2.05) is 23.5 Å². The summed E-state index contributed by atoms with van der Waals surface area (Å²) < 4.78 is 1.80. The lowest BCUT2D eigenvalue weighted by atomic mass is 9.89. The van der Waals surface area contributed by atoms with E-state index in [0.29, 0.717) is 5.82 Å². The van der Waals surface area contributed by atoms with Crippen molar-refractivity contribution >= 4 is 27.2 Å². The van der Waals surface area contributed by atoms with E-state index in [4.69, 9.17) is 4.98 Å². The van der Waals surface area contributed by atoms with Gasteiger partial charge in [-0.3, -0.25) is 4.98 Å². The second-order valence-electron chi connectivity index (χ2n) is 6.22. The van der Waals surface area contributed by atoms with Crippen molar-refractivity contribution in [2.75, 3.05) is 0 Å². The molecule has 4 aromatic rings. The minimum atomic E-state index is 0.705. The number of nitrogens with zero attached hydrogens (tertiary/aromatic N) is 5. The van der Waals surface area contributed by atoms with Crippen LogP contribution in [0.25, 0.3) is 27.3 Å². The van der Waals surface area contributed by atoms with Crippen LogP contribution in [0, 0.1) is 5.92 Å². The van der Waals surface area contributed by atoms with Crippen LogP contribution in [0.4, 0.5) is 0 Å². The first-order valence-corrected chi connectivity index (χ1v) is 8.67. The van der Waals surface area contributed by atoms with Crippen molar-refractivity contribution in [1.29, 1.82) is 0 Å². The van der Waals surface area contributed by atoms with E-state index >= 15 is 0 Å². The molecule has 1 aliphatic carbocycles. The third-order valence-electron chi connectivity index (χ3n) is 4.55. The van der Waals surface area contributed by atoms with Crippen molar-refractivity contribution in [3.05, 3.63) is 41.3 Å². The molecule has 23 heavy (non-hydrogen) atoms. The van der Waals surface area contributed by atoms with Crippen molar-refractivity contribution in [3.63, 3.8) is 0 Å². The zero-order valence-corrected chi connectivity index (χ0v) is 13.5. The number of thiophene rings is 1. The highest BCUT2D eigenvalue weighted by molar-refractivity contribution is 7.19. The lowest BCUT2D eigenvalue weighted by Gasteiger charge is -2.17. The van der Waals surface area contributed by atoms with Gasteiger partial charge in [-0.05, 0) is 42.9 Å². The summed E-state index contributed by atoms with van der Waals surface area (Å²) >= 11 is 1.82. The molecule has 0 N–H and O–H groups in total. The molecule has 1 atom stereocenters. The van der Waals surface area contributed by atoms with E-state index in [-0.39, 0.29) is 0 Å². The minimum absolute atomic E-state index is 0.705. The van der Waals surface area contributed by atoms with E-state index in [9.17, 15) is 0 Å². The highest BCUT2D eigenvalue weighted by Crippen LogP contribution is 2.38. The number of rotatable bonds is 1. The van der Waals surface area contributed by atoms with E-state index in [1.165, 1.54) is 22.2 Å². The van der Waals surface area contributed by atoms with Crippen LogP contribution in [-0.2, 0) is 12.8 Å². The Morgan fingerprint density at radius 2 is 2.30 bits per heavy atom. The maximum Gasteiger partial charge on any atom is 0.183 e. The van der Waals surface area contributed by atoms with Crippen LogP contribution in [0.15, 0.2) is 30.9 Å². The van der Waals surface area contributed by atoms with Crippen molar-refractivity contribution in [2.24, 2.45) is 5.92 Å². The summed E-state index contributed by atoms with van der Waals surface area (Å²) in [6.45, 7) is 2.33. The molecule has 0 amide bonds. The molecule has 0 radical (unpaired) electrons. The van der Waals surface area contributed by atoms with Gasteiger partial charge in [0, 0.05) is 22.8 Å². The van der Waals surface area contributed by atoms with Crippen molar-refractivity contribution < 1.29 is 0 Å². The molecule has 6 heteroatoms. The molecule has 0 saturated carbocycles. The highest BCUT2D eigenvalue weighted by Gasteiger charge is 2.23. The molecule has 5 nitrogen and oxygen atoms in total. The Kier molecular flexibility index (Phi) is 2.76. The van der Waals surface area contributed by atoms with Crippen LogP contribution >= 0.6 is 11.3 Å². The van der Waals surface area contributed by atoms with Crippen LogP contribution < -0.4 is 0 Å². The van der Waals surface area contributed by atoms with Crippen LogP contribution in [0.5, 0.6) is 0 Å². The fraction of sp³-hybridized carbons (Fsp3) is 0.294. The molecular formula is C17H15N5S. The van der Waals surface area contributed by atoms with Gasteiger partial charge in [0.1, 0.15) is 11.2 Å². The molecule has 1 unspecified atom stereocenters. The molecule has 0 aliphatic heterocycles. The topological polar surface area (TPSA) is 56.0 Å². The van der Waals surface area contributed by atoms with E-state index in [0.717, 1.165) is 34.8 Å². The second-order valence-corrected chi connectivity index (χ2v) is 7.31. The molecule has 1 aliphatic rings. The molecule has 0 bridgehead atoms. The summed E-state index contributed by atoms with van der Waals surface area (Å²) in [7, 11) is 0. The predicted molar refractivity (Wildman–Crippen MR) is 90.6 cm³/mol. The molecular weight excluding hydrogens is 306 g/mol. The summed E-state index contributed by atoms with van der Waals surface area (Å²) in [6, 6.07) is 3.89. The van der Waals surface area contributed by atoms with Crippen molar-refractivity contribution in [2.45, 2.75) is 26.2 Å². The zero-order valence-electron chi connectivity index (χ0n) is 12.7. The number of fused-ring (bicyclic) bond motifs is 5. The maximum atomic E-state index is 4.79. The number of hydrogen-bond acceptors (Lipinski definition) is 5. The van der Waals surface area contributed by atoms with Crippen LogP contribution in [0.3, 0.4) is 0 Å². The SMILES string of the molecule is CC1CCc2c(sc3ncn4nc(-c5cccnc5)nc4c23)C1. The summed E-state index contributed by atoms with van der Waals surface area (Å²) in [5, 5.41) is 5.78. The summed E-state index contributed by atoms with van der Waals surface area (Å²) in [5.41, 5.74) is 3.29. The van der Waals surface area contributed by atoms with Crippen molar-refractivity contribution in [1.82, 2.24) is 24.6 Å². The average molecular weight is 321 g/mol. The molecule has 0 saturated heterocycles. The number of aromatic nitrogens is 5. The van der Waals surface area contributed by atoms with Crippen LogP contribution in [0.1, 0.15) is 23.8 Å². The van der Waals surface area contributed by atoms with E-state index < -0.39 is 0 Å². The van der Waals surface area contributed by atoms with Gasteiger partial charge >= 0.3 is 0 Å². The number of aryl methyl sites for hydroxylation is 1. The van der Waals surface area contributed by atoms with Gasteiger partial charge in [-0.25, -0.2) is 14.5 Å². The van der Waals surface area contributed by atoms with Gasteiger partial charge in [-0.2, -0.15) is 0 Å².